The molecule has 0 fully saturated rings. The van der Waals surface area contributed by atoms with Gasteiger partial charge in [0.05, 0.1) is 5.41 Å². The number of ether oxygens (including phenoxy) is 3. The molecular formula is C88H67F2NO3. The summed E-state index contributed by atoms with van der Waals surface area (Å²) in [4.78, 5) is 2.36. The second-order valence-corrected chi connectivity index (χ2v) is 24.9. The van der Waals surface area contributed by atoms with Crippen molar-refractivity contribution in [1.29, 1.82) is 0 Å². The number of halogens is 2. The predicted octanol–water partition coefficient (Wildman–Crippen LogP) is 23.6. The van der Waals surface area contributed by atoms with Crippen molar-refractivity contribution in [2.45, 2.75) is 49.9 Å². The van der Waals surface area contributed by atoms with Crippen LogP contribution in [-0.2, 0) is 16.2 Å². The molecule has 1 heterocycles. The molecule has 3 aliphatic rings. The van der Waals surface area contributed by atoms with Crippen LogP contribution in [0, 0.1) is 11.6 Å². The van der Waals surface area contributed by atoms with Crippen LogP contribution < -0.4 is 19.1 Å². The molecule has 0 spiro atoms. The van der Waals surface area contributed by atoms with Crippen molar-refractivity contribution in [3.05, 3.63) is 383 Å². The lowest BCUT2D eigenvalue weighted by molar-refractivity contribution is 0.418. The fourth-order valence-electron chi connectivity index (χ4n) is 14.7. The number of para-hydroxylation sites is 1. The Labute approximate surface area is 549 Å². The first-order valence-corrected chi connectivity index (χ1v) is 32.1. The van der Waals surface area contributed by atoms with Crippen molar-refractivity contribution in [3.8, 4) is 62.1 Å². The van der Waals surface area contributed by atoms with Crippen LogP contribution in [0.15, 0.2) is 310 Å². The Morgan fingerprint density at radius 2 is 0.936 bits per heavy atom. The molecule has 2 aliphatic carbocycles. The Morgan fingerprint density at radius 1 is 0.447 bits per heavy atom. The van der Waals surface area contributed by atoms with Gasteiger partial charge in [-0.3, -0.25) is 0 Å². The molecule has 456 valence electrons. The number of hydrogen-bond donors (Lipinski definition) is 0. The average Bonchev–Trinajstić information content (AvgIpc) is 1.54. The van der Waals surface area contributed by atoms with E-state index in [1.807, 2.05) is 109 Å². The van der Waals surface area contributed by atoms with Crippen LogP contribution in [0.4, 0.5) is 25.8 Å². The van der Waals surface area contributed by atoms with Crippen molar-refractivity contribution >= 4 is 29.2 Å². The minimum atomic E-state index is -0.909. The Kier molecular flexibility index (Phi) is 15.1. The predicted molar refractivity (Wildman–Crippen MR) is 380 cm³/mol. The molecule has 0 saturated carbocycles. The first kappa shape index (κ1) is 59.0. The summed E-state index contributed by atoms with van der Waals surface area (Å²) >= 11 is 0. The second kappa shape index (κ2) is 24.0. The summed E-state index contributed by atoms with van der Waals surface area (Å²) in [6.07, 6.45) is 11.3. The smallest absolute Gasteiger partial charge is 0.131 e. The lowest BCUT2D eigenvalue weighted by Gasteiger charge is -2.35. The van der Waals surface area contributed by atoms with Gasteiger partial charge in [-0.2, -0.15) is 0 Å². The number of hydrogen-bond acceptors (Lipinski definition) is 4. The molecule has 6 heteroatoms. The lowest BCUT2D eigenvalue weighted by atomic mass is 9.67. The van der Waals surface area contributed by atoms with Crippen LogP contribution >= 0.6 is 0 Å². The number of allylic oxidation sites excluding steroid dienone is 3. The maximum atomic E-state index is 15.4. The third kappa shape index (κ3) is 10.1. The van der Waals surface area contributed by atoms with E-state index in [1.54, 1.807) is 24.3 Å². The zero-order valence-corrected chi connectivity index (χ0v) is 52.6. The Bertz CT molecular complexity index is 4950. The molecule has 0 N–H and O–H groups in total. The fourth-order valence-corrected chi connectivity index (χ4v) is 14.7. The summed E-state index contributed by atoms with van der Waals surface area (Å²) < 4.78 is 50.3. The van der Waals surface area contributed by atoms with Gasteiger partial charge in [-0.05, 0) is 224 Å². The minimum Gasteiger partial charge on any atom is -0.458 e. The topological polar surface area (TPSA) is 30.9 Å². The van der Waals surface area contributed by atoms with Crippen molar-refractivity contribution in [1.82, 2.24) is 0 Å². The standard InChI is InChI=1S/C88H67F2NO3/c1-6-16-70(92-71-45-24-58(7-2)25-46-71)17-15-54-87(62-31-37-65(89)38-32-62)78-20-11-9-18-74(78)76-51-43-68(56-81(76)87)91(67-41-28-60(29-42-67)61-30-53-85-83(55-61)86(4,5)80-22-13-14-23-84(80)94-85)69-44-52-77-75-19-10-12-21-79(75)88(82(77)57-69,63-33-39-66(90)40-34-63)64-35-49-73(50-36-64)93-72-47-26-59(8-3)27-48-72/h7-53,55-57H,2-3,6,54H2,1,4-5H3/b17-15-,70-16+. The van der Waals surface area contributed by atoms with E-state index in [9.17, 15) is 0 Å². The van der Waals surface area contributed by atoms with Gasteiger partial charge in [0.15, 0.2) is 0 Å². The minimum absolute atomic E-state index is 0.297. The molecule has 0 radical (unpaired) electrons. The summed E-state index contributed by atoms with van der Waals surface area (Å²) in [5.41, 5.74) is 18.8. The van der Waals surface area contributed by atoms with Gasteiger partial charge in [0, 0.05) is 39.0 Å². The van der Waals surface area contributed by atoms with E-state index in [0.29, 0.717) is 17.9 Å². The van der Waals surface area contributed by atoms with Crippen molar-refractivity contribution < 1.29 is 23.0 Å². The van der Waals surface area contributed by atoms with E-state index in [4.69, 9.17) is 14.2 Å². The van der Waals surface area contributed by atoms with Gasteiger partial charge in [0.1, 0.15) is 46.1 Å². The Morgan fingerprint density at radius 3 is 1.56 bits per heavy atom. The van der Waals surface area contributed by atoms with E-state index in [0.717, 1.165) is 141 Å². The van der Waals surface area contributed by atoms with Crippen molar-refractivity contribution in [2.75, 3.05) is 4.90 Å². The highest BCUT2D eigenvalue weighted by Crippen LogP contribution is 2.60. The molecule has 0 bridgehead atoms. The normalized spacial score (nSPS) is 16.2. The maximum absolute atomic E-state index is 15.4. The molecule has 12 aromatic rings. The molecule has 2 atom stereocenters. The highest BCUT2D eigenvalue weighted by Gasteiger charge is 2.48. The lowest BCUT2D eigenvalue weighted by Crippen LogP contribution is -2.29. The first-order valence-electron chi connectivity index (χ1n) is 32.1. The molecule has 2 unspecified atom stereocenters. The quantitative estimate of drug-likeness (QED) is 0.0672. The fraction of sp³-hybridized carbons (Fsp3) is 0.0909. The van der Waals surface area contributed by atoms with Gasteiger partial charge in [-0.1, -0.05) is 210 Å². The summed E-state index contributed by atoms with van der Waals surface area (Å²) in [5, 5.41) is 0. The number of fused-ring (bicyclic) bond motifs is 8. The third-order valence-electron chi connectivity index (χ3n) is 19.3. The van der Waals surface area contributed by atoms with Gasteiger partial charge >= 0.3 is 0 Å². The maximum Gasteiger partial charge on any atom is 0.131 e. The number of nitrogens with zero attached hydrogens (tertiary/aromatic N) is 1. The average molecular weight is 1220 g/mol. The molecular weight excluding hydrogens is 1160 g/mol. The van der Waals surface area contributed by atoms with E-state index >= 15 is 8.78 Å². The van der Waals surface area contributed by atoms with Gasteiger partial charge < -0.3 is 19.1 Å². The summed E-state index contributed by atoms with van der Waals surface area (Å²) in [6.45, 7) is 14.5. The zero-order valence-electron chi connectivity index (χ0n) is 52.6. The molecule has 94 heavy (non-hydrogen) atoms. The Hall–Kier alpha value is -11.3. The van der Waals surface area contributed by atoms with Crippen LogP contribution in [0.3, 0.4) is 0 Å². The van der Waals surface area contributed by atoms with Gasteiger partial charge in [0.2, 0.25) is 0 Å². The Balaban J connectivity index is 0.911. The van der Waals surface area contributed by atoms with E-state index in [1.165, 1.54) is 0 Å². The summed E-state index contributed by atoms with van der Waals surface area (Å²) in [5.74, 6) is 3.97. The van der Waals surface area contributed by atoms with Gasteiger partial charge in [-0.15, -0.1) is 0 Å². The monoisotopic (exact) mass is 1220 g/mol. The van der Waals surface area contributed by atoms with Crippen LogP contribution in [0.5, 0.6) is 28.7 Å². The van der Waals surface area contributed by atoms with Crippen molar-refractivity contribution in [3.63, 3.8) is 0 Å². The van der Waals surface area contributed by atoms with Crippen LogP contribution in [0.25, 0.3) is 45.5 Å². The largest absolute Gasteiger partial charge is 0.458 e. The molecule has 0 saturated heterocycles. The SMILES string of the molecule is C=Cc1ccc(OC(/C=C\CC2(c3ccc(F)cc3)c3ccccc3-c3ccc(N(c4ccc(-c5ccc6c(c5)C(C)(C)c5ccccc5O6)cc4)c4ccc5c(c4)C(c4ccc(F)cc4)(c4ccc(Oc6ccc(C=C)cc6)cc4)c4ccccc4-5)cc32)=C/CC)cc1. The number of benzene rings is 12. The van der Waals surface area contributed by atoms with Gasteiger partial charge in [-0.25, -0.2) is 8.78 Å². The van der Waals surface area contributed by atoms with Crippen molar-refractivity contribution in [2.24, 2.45) is 0 Å². The molecule has 1 aliphatic heterocycles. The summed E-state index contributed by atoms with van der Waals surface area (Å²) in [7, 11) is 0. The van der Waals surface area contributed by atoms with E-state index in [-0.39, 0.29) is 17.0 Å². The zero-order chi connectivity index (χ0) is 64.1. The van der Waals surface area contributed by atoms with Crippen LogP contribution in [-0.4, -0.2) is 0 Å². The van der Waals surface area contributed by atoms with Gasteiger partial charge in [0.25, 0.3) is 0 Å². The van der Waals surface area contributed by atoms with Crippen LogP contribution in [0.1, 0.15) is 94.8 Å². The second-order valence-electron chi connectivity index (χ2n) is 24.9. The third-order valence-corrected chi connectivity index (χ3v) is 19.3. The first-order chi connectivity index (χ1) is 46.0. The van der Waals surface area contributed by atoms with Crippen LogP contribution in [0.2, 0.25) is 0 Å². The highest BCUT2D eigenvalue weighted by atomic mass is 19.1. The molecule has 15 rings (SSSR count). The molecule has 0 amide bonds. The summed E-state index contributed by atoms with van der Waals surface area (Å²) in [6, 6.07) is 92.7. The molecule has 4 nitrogen and oxygen atoms in total. The van der Waals surface area contributed by atoms with E-state index < -0.39 is 10.8 Å². The number of anilines is 3. The van der Waals surface area contributed by atoms with E-state index in [2.05, 4.69) is 209 Å². The highest BCUT2D eigenvalue weighted by molar-refractivity contribution is 5.92. The number of rotatable bonds is 17. The molecule has 0 aromatic heterocycles. The molecule has 12 aromatic carbocycles.